The summed E-state index contributed by atoms with van der Waals surface area (Å²) in [5.74, 6) is -1.53. The third-order valence-corrected chi connectivity index (χ3v) is 6.60. The number of carbonyl (C=O) groups excluding carboxylic acids is 5. The topological polar surface area (TPSA) is 140 Å². The molecule has 220 valence electrons. The number of nitrogens with one attached hydrogen (secondary N) is 4. The maximum absolute atomic E-state index is 13.2. The second kappa shape index (κ2) is 16.3. The molecular formula is C27H52N6O5. The fraction of sp³-hybridized carbons (Fsp3) is 0.815. The molecule has 11 heteroatoms. The van der Waals surface area contributed by atoms with E-state index in [2.05, 4.69) is 21.3 Å². The van der Waals surface area contributed by atoms with Crippen molar-refractivity contribution in [3.05, 3.63) is 0 Å². The van der Waals surface area contributed by atoms with Gasteiger partial charge in [-0.15, -0.1) is 0 Å². The zero-order chi connectivity index (χ0) is 29.9. The number of carbonyl (C=O) groups is 5. The first-order valence-electron chi connectivity index (χ1n) is 13.5. The van der Waals surface area contributed by atoms with Gasteiger partial charge in [0.05, 0.1) is 6.04 Å². The van der Waals surface area contributed by atoms with Gasteiger partial charge >= 0.3 is 0 Å². The van der Waals surface area contributed by atoms with E-state index in [-0.39, 0.29) is 29.6 Å². The number of hydrogen-bond acceptors (Lipinski definition) is 6. The van der Waals surface area contributed by atoms with Crippen molar-refractivity contribution in [1.82, 2.24) is 31.1 Å². The van der Waals surface area contributed by atoms with Crippen molar-refractivity contribution < 1.29 is 24.0 Å². The van der Waals surface area contributed by atoms with Gasteiger partial charge in [-0.25, -0.2) is 0 Å². The molecule has 0 bridgehead atoms. The molecular weight excluding hydrogens is 488 g/mol. The maximum atomic E-state index is 13.2. The number of hydrogen-bond donors (Lipinski definition) is 4. The highest BCUT2D eigenvalue weighted by molar-refractivity contribution is 5.95. The Labute approximate surface area is 229 Å². The highest BCUT2D eigenvalue weighted by Crippen LogP contribution is 2.15. The normalized spacial score (nSPS) is 15.3. The number of amides is 5. The van der Waals surface area contributed by atoms with Crippen LogP contribution in [0.3, 0.4) is 0 Å². The van der Waals surface area contributed by atoms with E-state index in [0.717, 1.165) is 0 Å². The first-order valence-corrected chi connectivity index (χ1v) is 13.5. The molecule has 11 nitrogen and oxygen atoms in total. The minimum Gasteiger partial charge on any atom is -0.357 e. The zero-order valence-electron chi connectivity index (χ0n) is 25.5. The smallest absolute Gasteiger partial charge is 0.245 e. The molecule has 0 radical (unpaired) electrons. The van der Waals surface area contributed by atoms with Gasteiger partial charge in [-0.2, -0.15) is 0 Å². The molecule has 5 amide bonds. The second-order valence-electron chi connectivity index (χ2n) is 11.3. The van der Waals surface area contributed by atoms with Gasteiger partial charge in [0, 0.05) is 21.1 Å². The summed E-state index contributed by atoms with van der Waals surface area (Å²) in [7, 11) is 6.36. The molecule has 0 saturated carbocycles. The second-order valence-corrected chi connectivity index (χ2v) is 11.3. The molecule has 0 unspecified atom stereocenters. The van der Waals surface area contributed by atoms with Crippen molar-refractivity contribution in [2.75, 3.05) is 28.2 Å². The van der Waals surface area contributed by atoms with Crippen molar-refractivity contribution in [2.45, 2.75) is 98.4 Å². The summed E-state index contributed by atoms with van der Waals surface area (Å²) in [4.78, 5) is 67.3. The van der Waals surface area contributed by atoms with E-state index in [4.69, 9.17) is 0 Å². The van der Waals surface area contributed by atoms with Gasteiger partial charge in [0.25, 0.3) is 0 Å². The van der Waals surface area contributed by atoms with Crippen LogP contribution in [0, 0.1) is 17.8 Å². The van der Waals surface area contributed by atoms with Crippen LogP contribution in [0.1, 0.15) is 68.2 Å². The van der Waals surface area contributed by atoms with E-state index in [1.165, 1.54) is 30.8 Å². The van der Waals surface area contributed by atoms with E-state index in [1.807, 2.05) is 41.5 Å². The summed E-state index contributed by atoms with van der Waals surface area (Å²) in [6.45, 7) is 14.8. The van der Waals surface area contributed by atoms with Crippen LogP contribution in [0.25, 0.3) is 0 Å². The molecule has 38 heavy (non-hydrogen) atoms. The molecule has 0 spiro atoms. The van der Waals surface area contributed by atoms with Gasteiger partial charge in [0.1, 0.15) is 24.2 Å². The molecule has 0 aromatic heterocycles. The Bertz CT molecular complexity index is 816. The number of nitrogens with zero attached hydrogens (tertiary/aromatic N) is 2. The van der Waals surface area contributed by atoms with Gasteiger partial charge in [-0.3, -0.25) is 24.0 Å². The van der Waals surface area contributed by atoms with E-state index < -0.39 is 47.9 Å². The SMILES string of the molecule is CNC(=O)[C@H](CC(C)C)N(C)C(=O)[C@@H](C)NC(=O)[C@H](C)NC(=O)[C@H](CC(C)C)N(C)C(=O)[C@@H](NC)C(C)C. The van der Waals surface area contributed by atoms with E-state index in [1.54, 1.807) is 21.0 Å². The molecule has 0 fully saturated rings. The van der Waals surface area contributed by atoms with Crippen molar-refractivity contribution >= 4 is 29.5 Å². The molecule has 0 aliphatic heterocycles. The third kappa shape index (κ3) is 10.6. The molecule has 0 aromatic carbocycles. The molecule has 0 rings (SSSR count). The quantitative estimate of drug-likeness (QED) is 0.241. The summed E-state index contributed by atoms with van der Waals surface area (Å²) in [5, 5.41) is 10.9. The van der Waals surface area contributed by atoms with Crippen LogP contribution in [0.2, 0.25) is 0 Å². The molecule has 0 saturated heterocycles. The van der Waals surface area contributed by atoms with E-state index in [9.17, 15) is 24.0 Å². The largest absolute Gasteiger partial charge is 0.357 e. The predicted octanol–water partition coefficient (Wildman–Crippen LogP) is 0.732. The molecule has 5 atom stereocenters. The van der Waals surface area contributed by atoms with E-state index in [0.29, 0.717) is 12.8 Å². The third-order valence-electron chi connectivity index (χ3n) is 6.60. The van der Waals surface area contributed by atoms with Crippen LogP contribution >= 0.6 is 0 Å². The lowest BCUT2D eigenvalue weighted by Crippen LogP contribution is -2.58. The lowest BCUT2D eigenvalue weighted by molar-refractivity contribution is -0.143. The van der Waals surface area contributed by atoms with Crippen LogP contribution in [0.4, 0.5) is 0 Å². The lowest BCUT2D eigenvalue weighted by atomic mass is 9.98. The van der Waals surface area contributed by atoms with Gasteiger partial charge in [-0.1, -0.05) is 41.5 Å². The molecule has 0 aliphatic carbocycles. The zero-order valence-corrected chi connectivity index (χ0v) is 25.5. The average Bonchev–Trinajstić information content (AvgIpc) is 2.83. The maximum Gasteiger partial charge on any atom is 0.245 e. The Hall–Kier alpha value is -2.69. The monoisotopic (exact) mass is 540 g/mol. The first-order chi connectivity index (χ1) is 17.5. The van der Waals surface area contributed by atoms with Crippen LogP contribution in [0.15, 0.2) is 0 Å². The molecule has 0 aromatic rings. The predicted molar refractivity (Wildman–Crippen MR) is 149 cm³/mol. The van der Waals surface area contributed by atoms with Crippen molar-refractivity contribution in [1.29, 1.82) is 0 Å². The molecule has 4 N–H and O–H groups in total. The van der Waals surface area contributed by atoms with Gasteiger partial charge < -0.3 is 31.1 Å². The Morgan fingerprint density at radius 1 is 0.605 bits per heavy atom. The van der Waals surface area contributed by atoms with Crippen molar-refractivity contribution in [3.63, 3.8) is 0 Å². The number of rotatable bonds is 15. The Kier molecular flexibility index (Phi) is 15.2. The minimum atomic E-state index is -0.947. The van der Waals surface area contributed by atoms with Crippen LogP contribution < -0.4 is 21.3 Å². The van der Waals surface area contributed by atoms with Crippen LogP contribution in [0.5, 0.6) is 0 Å². The Balaban J connectivity index is 5.46. The Morgan fingerprint density at radius 3 is 1.42 bits per heavy atom. The first kappa shape index (κ1) is 35.3. The Morgan fingerprint density at radius 2 is 1.03 bits per heavy atom. The highest BCUT2D eigenvalue weighted by Gasteiger charge is 2.34. The highest BCUT2D eigenvalue weighted by atomic mass is 16.2. The molecule has 0 aliphatic rings. The van der Waals surface area contributed by atoms with E-state index >= 15 is 0 Å². The minimum absolute atomic E-state index is 0.0307. The van der Waals surface area contributed by atoms with Crippen LogP contribution in [-0.2, 0) is 24.0 Å². The van der Waals surface area contributed by atoms with Crippen LogP contribution in [-0.4, -0.2) is 97.7 Å². The summed E-state index contributed by atoms with van der Waals surface area (Å²) in [5.41, 5.74) is 0. The standard InChI is InChI=1S/C27H52N6O5/c1-15(2)13-20(24(35)29-10)32(11)26(37)19(8)31-23(34)18(7)30-25(36)21(14-16(3)4)33(12)27(38)22(28-9)17(5)6/h15-22,28H,13-14H2,1-12H3,(H,29,35)(H,30,36)(H,31,34)/t18-,19+,20-,21-,22-/m0/s1. The average molecular weight is 541 g/mol. The summed E-state index contributed by atoms with van der Waals surface area (Å²) >= 11 is 0. The van der Waals surface area contributed by atoms with Gasteiger partial charge in [-0.05, 0) is 51.5 Å². The molecule has 0 heterocycles. The number of likely N-dealkylation sites (N-methyl/N-ethyl adjacent to an activating group) is 4. The fourth-order valence-electron chi connectivity index (χ4n) is 4.29. The lowest BCUT2D eigenvalue weighted by Gasteiger charge is -2.33. The summed E-state index contributed by atoms with van der Waals surface area (Å²) in [6, 6.07) is -3.73. The summed E-state index contributed by atoms with van der Waals surface area (Å²) in [6.07, 6.45) is 0.900. The van der Waals surface area contributed by atoms with Gasteiger partial charge in [0.15, 0.2) is 0 Å². The van der Waals surface area contributed by atoms with Crippen molar-refractivity contribution in [3.8, 4) is 0 Å². The van der Waals surface area contributed by atoms with Gasteiger partial charge in [0.2, 0.25) is 29.5 Å². The van der Waals surface area contributed by atoms with Crippen molar-refractivity contribution in [2.24, 2.45) is 17.8 Å². The summed E-state index contributed by atoms with van der Waals surface area (Å²) < 4.78 is 0. The fourth-order valence-corrected chi connectivity index (χ4v) is 4.29.